The summed E-state index contributed by atoms with van der Waals surface area (Å²) in [5, 5.41) is 4.04. The summed E-state index contributed by atoms with van der Waals surface area (Å²) in [6.45, 7) is 2.33. The van der Waals surface area contributed by atoms with Gasteiger partial charge in [0.05, 0.1) is 12.4 Å². The van der Waals surface area contributed by atoms with Gasteiger partial charge in [0.1, 0.15) is 5.82 Å². The number of thioether (sulfide) groups is 1. The van der Waals surface area contributed by atoms with E-state index in [1.54, 1.807) is 18.9 Å². The SMILES string of the molecule is COCCNCc1cnc(CSc2ccc(Cl)cc2)[nH]1. The van der Waals surface area contributed by atoms with Crippen LogP contribution in [0.2, 0.25) is 5.02 Å². The van der Waals surface area contributed by atoms with Gasteiger partial charge in [-0.1, -0.05) is 11.6 Å². The molecule has 0 saturated heterocycles. The summed E-state index contributed by atoms with van der Waals surface area (Å²) in [5.74, 6) is 1.80. The van der Waals surface area contributed by atoms with Crippen LogP contribution in [0.25, 0.3) is 0 Å². The quantitative estimate of drug-likeness (QED) is 0.581. The third kappa shape index (κ3) is 5.17. The van der Waals surface area contributed by atoms with E-state index in [1.807, 2.05) is 30.5 Å². The Morgan fingerprint density at radius 2 is 2.15 bits per heavy atom. The number of H-pyrrole nitrogens is 1. The van der Waals surface area contributed by atoms with Crippen molar-refractivity contribution in [2.24, 2.45) is 0 Å². The Labute approximate surface area is 128 Å². The molecule has 6 heteroatoms. The Morgan fingerprint density at radius 3 is 2.90 bits per heavy atom. The van der Waals surface area contributed by atoms with Gasteiger partial charge in [0.2, 0.25) is 0 Å². The fourth-order valence-electron chi connectivity index (χ4n) is 1.65. The molecule has 0 aliphatic heterocycles. The van der Waals surface area contributed by atoms with E-state index >= 15 is 0 Å². The van der Waals surface area contributed by atoms with Gasteiger partial charge in [0, 0.05) is 42.0 Å². The van der Waals surface area contributed by atoms with E-state index in [2.05, 4.69) is 15.3 Å². The molecule has 0 bridgehead atoms. The summed E-state index contributed by atoms with van der Waals surface area (Å²) in [6, 6.07) is 7.83. The second-order valence-corrected chi connectivity index (χ2v) is 5.75. The van der Waals surface area contributed by atoms with E-state index in [0.29, 0.717) is 6.61 Å². The van der Waals surface area contributed by atoms with Crippen LogP contribution in [0.4, 0.5) is 0 Å². The zero-order chi connectivity index (χ0) is 14.2. The Balaban J connectivity index is 1.76. The summed E-state index contributed by atoms with van der Waals surface area (Å²) in [5.41, 5.74) is 1.09. The van der Waals surface area contributed by atoms with Gasteiger partial charge in [0.15, 0.2) is 0 Å². The molecular weight excluding hydrogens is 294 g/mol. The minimum Gasteiger partial charge on any atom is -0.383 e. The highest BCUT2D eigenvalue weighted by Gasteiger charge is 2.02. The summed E-state index contributed by atoms with van der Waals surface area (Å²) >= 11 is 7.59. The molecule has 0 atom stereocenters. The molecule has 20 heavy (non-hydrogen) atoms. The lowest BCUT2D eigenvalue weighted by molar-refractivity contribution is 0.199. The van der Waals surface area contributed by atoms with Gasteiger partial charge in [-0.05, 0) is 24.3 Å². The van der Waals surface area contributed by atoms with Crippen molar-refractivity contribution in [1.82, 2.24) is 15.3 Å². The third-order valence-electron chi connectivity index (χ3n) is 2.67. The molecule has 1 aromatic heterocycles. The number of ether oxygens (including phenoxy) is 1. The highest BCUT2D eigenvalue weighted by molar-refractivity contribution is 7.98. The van der Waals surface area contributed by atoms with Crippen molar-refractivity contribution in [2.45, 2.75) is 17.2 Å². The second-order valence-electron chi connectivity index (χ2n) is 4.27. The number of imidazole rings is 1. The lowest BCUT2D eigenvalue weighted by atomic mass is 10.4. The molecule has 1 aromatic carbocycles. The number of hydrogen-bond acceptors (Lipinski definition) is 4. The standard InChI is InChI=1S/C14H18ClN3OS/c1-19-7-6-16-8-12-9-17-14(18-12)10-20-13-4-2-11(15)3-5-13/h2-5,9,16H,6-8,10H2,1H3,(H,17,18). The van der Waals surface area contributed by atoms with Crippen LogP contribution >= 0.6 is 23.4 Å². The number of halogens is 1. The van der Waals surface area contributed by atoms with E-state index in [9.17, 15) is 0 Å². The first-order valence-electron chi connectivity index (χ1n) is 6.38. The maximum absolute atomic E-state index is 5.86. The number of nitrogens with one attached hydrogen (secondary N) is 2. The maximum Gasteiger partial charge on any atom is 0.116 e. The fourth-order valence-corrected chi connectivity index (χ4v) is 2.55. The van der Waals surface area contributed by atoms with Crippen molar-refractivity contribution in [2.75, 3.05) is 20.3 Å². The predicted octanol–water partition coefficient (Wildman–Crippen LogP) is 3.09. The molecule has 0 unspecified atom stereocenters. The maximum atomic E-state index is 5.86. The Kier molecular flexibility index (Phi) is 6.39. The first-order chi connectivity index (χ1) is 9.78. The van der Waals surface area contributed by atoms with Gasteiger partial charge < -0.3 is 15.0 Å². The molecule has 4 nitrogen and oxygen atoms in total. The van der Waals surface area contributed by atoms with Gasteiger partial charge in [-0.15, -0.1) is 11.8 Å². The van der Waals surface area contributed by atoms with Crippen molar-refractivity contribution < 1.29 is 4.74 Å². The number of hydrogen-bond donors (Lipinski definition) is 2. The number of rotatable bonds is 8. The third-order valence-corrected chi connectivity index (χ3v) is 3.94. The molecule has 0 aliphatic carbocycles. The number of aromatic nitrogens is 2. The molecule has 0 amide bonds. The van der Waals surface area contributed by atoms with E-state index in [1.165, 1.54) is 4.90 Å². The zero-order valence-corrected chi connectivity index (χ0v) is 12.9. The molecule has 0 aliphatic rings. The van der Waals surface area contributed by atoms with Crippen molar-refractivity contribution in [3.63, 3.8) is 0 Å². The van der Waals surface area contributed by atoms with E-state index in [4.69, 9.17) is 16.3 Å². The van der Waals surface area contributed by atoms with Crippen LogP contribution < -0.4 is 5.32 Å². The van der Waals surface area contributed by atoms with Crippen molar-refractivity contribution >= 4 is 23.4 Å². The van der Waals surface area contributed by atoms with Crippen LogP contribution in [-0.4, -0.2) is 30.2 Å². The predicted molar refractivity (Wildman–Crippen MR) is 83.2 cm³/mol. The van der Waals surface area contributed by atoms with E-state index < -0.39 is 0 Å². The monoisotopic (exact) mass is 311 g/mol. The van der Waals surface area contributed by atoms with Crippen LogP contribution in [0.5, 0.6) is 0 Å². The zero-order valence-electron chi connectivity index (χ0n) is 11.4. The average molecular weight is 312 g/mol. The molecule has 108 valence electrons. The molecule has 2 N–H and O–H groups in total. The minimum atomic E-state index is 0.716. The van der Waals surface area contributed by atoms with Crippen molar-refractivity contribution in [3.05, 3.63) is 47.0 Å². The summed E-state index contributed by atoms with van der Waals surface area (Å²) in [7, 11) is 1.70. The van der Waals surface area contributed by atoms with Crippen LogP contribution in [0.1, 0.15) is 11.5 Å². The number of aromatic amines is 1. The summed E-state index contributed by atoms with van der Waals surface area (Å²) in [4.78, 5) is 8.87. The molecule has 2 aromatic rings. The highest BCUT2D eigenvalue weighted by atomic mass is 35.5. The summed E-state index contributed by atoms with van der Waals surface area (Å²) in [6.07, 6.45) is 1.87. The first-order valence-corrected chi connectivity index (χ1v) is 7.75. The molecule has 0 saturated carbocycles. The van der Waals surface area contributed by atoms with Gasteiger partial charge in [-0.2, -0.15) is 0 Å². The minimum absolute atomic E-state index is 0.716. The first kappa shape index (κ1) is 15.4. The van der Waals surface area contributed by atoms with Gasteiger partial charge >= 0.3 is 0 Å². The normalized spacial score (nSPS) is 10.9. The topological polar surface area (TPSA) is 49.9 Å². The highest BCUT2D eigenvalue weighted by Crippen LogP contribution is 2.23. The number of benzene rings is 1. The molecule has 0 fully saturated rings. The molecule has 1 heterocycles. The second kappa shape index (κ2) is 8.32. The van der Waals surface area contributed by atoms with Gasteiger partial charge in [-0.25, -0.2) is 4.98 Å². The molecule has 2 rings (SSSR count). The van der Waals surface area contributed by atoms with Crippen LogP contribution in [-0.2, 0) is 17.0 Å². The van der Waals surface area contributed by atoms with Crippen LogP contribution in [0.3, 0.4) is 0 Å². The Hall–Kier alpha value is -1.01. The fraction of sp³-hybridized carbons (Fsp3) is 0.357. The van der Waals surface area contributed by atoms with E-state index in [-0.39, 0.29) is 0 Å². The molecular formula is C14H18ClN3OS. The van der Waals surface area contributed by atoms with Crippen molar-refractivity contribution in [3.8, 4) is 0 Å². The van der Waals surface area contributed by atoms with E-state index in [0.717, 1.165) is 35.4 Å². The largest absolute Gasteiger partial charge is 0.383 e. The lowest BCUT2D eigenvalue weighted by Crippen LogP contribution is -2.18. The average Bonchev–Trinajstić information content (AvgIpc) is 2.91. The lowest BCUT2D eigenvalue weighted by Gasteiger charge is -2.01. The Morgan fingerprint density at radius 1 is 1.35 bits per heavy atom. The van der Waals surface area contributed by atoms with Gasteiger partial charge in [-0.3, -0.25) is 0 Å². The molecule has 0 radical (unpaired) electrons. The number of methoxy groups -OCH3 is 1. The smallest absolute Gasteiger partial charge is 0.116 e. The van der Waals surface area contributed by atoms with Crippen molar-refractivity contribution in [1.29, 1.82) is 0 Å². The van der Waals surface area contributed by atoms with Gasteiger partial charge in [0.25, 0.3) is 0 Å². The van der Waals surface area contributed by atoms with Crippen LogP contribution in [0.15, 0.2) is 35.4 Å². The molecule has 0 spiro atoms. The number of nitrogens with zero attached hydrogens (tertiary/aromatic N) is 1. The Bertz CT molecular complexity index is 515. The summed E-state index contributed by atoms with van der Waals surface area (Å²) < 4.78 is 4.98. The van der Waals surface area contributed by atoms with Crippen LogP contribution in [0, 0.1) is 0 Å².